The summed E-state index contributed by atoms with van der Waals surface area (Å²) in [6.45, 7) is 4.05. The van der Waals surface area contributed by atoms with Crippen molar-refractivity contribution in [1.29, 1.82) is 0 Å². The highest BCUT2D eigenvalue weighted by molar-refractivity contribution is 9.10. The van der Waals surface area contributed by atoms with Crippen LogP contribution in [0.4, 0.5) is 11.6 Å². The minimum absolute atomic E-state index is 0.0205. The fourth-order valence-electron chi connectivity index (χ4n) is 5.31. The maximum absolute atomic E-state index is 13.8. The molecule has 178 valence electrons. The molecule has 1 aliphatic heterocycles. The molecule has 6 rings (SSSR count). The molecule has 4 aromatic heterocycles. The lowest BCUT2D eigenvalue weighted by Gasteiger charge is -2.27. The summed E-state index contributed by atoms with van der Waals surface area (Å²) in [6, 6.07) is 8.59. The van der Waals surface area contributed by atoms with Crippen LogP contribution >= 0.6 is 15.9 Å². The van der Waals surface area contributed by atoms with Crippen LogP contribution in [0.1, 0.15) is 25.5 Å². The van der Waals surface area contributed by atoms with E-state index in [1.807, 2.05) is 23.6 Å². The van der Waals surface area contributed by atoms with Gasteiger partial charge in [-0.05, 0) is 65.4 Å². The first kappa shape index (κ1) is 21.9. The van der Waals surface area contributed by atoms with E-state index in [2.05, 4.69) is 48.1 Å². The molecule has 0 aromatic carbocycles. The first-order valence-electron chi connectivity index (χ1n) is 11.4. The number of aromatic nitrogens is 5. The molecule has 0 spiro atoms. The molecule has 35 heavy (non-hydrogen) atoms. The van der Waals surface area contributed by atoms with E-state index in [0.717, 1.165) is 17.6 Å². The Labute approximate surface area is 209 Å². The summed E-state index contributed by atoms with van der Waals surface area (Å²) in [7, 11) is 0. The van der Waals surface area contributed by atoms with Crippen molar-refractivity contribution in [2.45, 2.75) is 45.3 Å². The maximum Gasteiger partial charge on any atom is 0.248 e. The number of halogens is 1. The van der Waals surface area contributed by atoms with Crippen molar-refractivity contribution < 1.29 is 9.59 Å². The van der Waals surface area contributed by atoms with Crippen molar-refractivity contribution in [3.63, 3.8) is 0 Å². The van der Waals surface area contributed by atoms with Gasteiger partial charge in [-0.3, -0.25) is 14.6 Å². The Balaban J connectivity index is 1.34. The van der Waals surface area contributed by atoms with Gasteiger partial charge < -0.3 is 20.5 Å². The molecule has 4 aromatic rings. The molecule has 0 radical (unpaired) electrons. The molecule has 1 saturated carbocycles. The number of nitrogens with zero attached hydrogens (tertiary/aromatic N) is 6. The van der Waals surface area contributed by atoms with E-state index >= 15 is 0 Å². The number of aryl methyl sites for hydroxylation is 1. The number of nitrogens with one attached hydrogen (secondary N) is 1. The van der Waals surface area contributed by atoms with Gasteiger partial charge in [-0.1, -0.05) is 13.0 Å². The van der Waals surface area contributed by atoms with E-state index in [1.165, 1.54) is 6.33 Å². The number of likely N-dealkylation sites (tertiary alicyclic amines) is 1. The van der Waals surface area contributed by atoms with Gasteiger partial charge in [-0.25, -0.2) is 15.0 Å². The van der Waals surface area contributed by atoms with Crippen LogP contribution in [0.15, 0.2) is 41.3 Å². The number of carbonyl (C=O) groups excluding carboxylic acids is 2. The second-order valence-corrected chi connectivity index (χ2v) is 10.4. The molecule has 2 fully saturated rings. The Morgan fingerprint density at radius 2 is 2.03 bits per heavy atom. The standard InChI is InChI=1S/C24H23BrN8O2/c1-12-6-7-13-20(29-12)19-21(26)27-11-28-22(19)32(13)10-18(34)33-14(8-24(2)9-15(24)33)23(35)31-17-5-3-4-16(25)30-17/h3-7,11,14-15H,8-10H2,1-2H3,(H2,26,27,28)(H,30,31,35)/t14-,15?,24-/m0/s1. The highest BCUT2D eigenvalue weighted by atomic mass is 79.9. The lowest BCUT2D eigenvalue weighted by molar-refractivity contribution is -0.138. The summed E-state index contributed by atoms with van der Waals surface area (Å²) in [5.41, 5.74) is 8.92. The first-order chi connectivity index (χ1) is 16.7. The van der Waals surface area contributed by atoms with Crippen molar-refractivity contribution in [2.75, 3.05) is 11.1 Å². The van der Waals surface area contributed by atoms with Crippen molar-refractivity contribution in [3.05, 3.63) is 47.0 Å². The van der Waals surface area contributed by atoms with E-state index < -0.39 is 6.04 Å². The SMILES string of the molecule is Cc1ccc2c(n1)c1c(N)ncnc1n2CC(=O)N1C2C[C@]2(C)C[C@H]1C(=O)Nc1cccc(Br)n1. The van der Waals surface area contributed by atoms with Gasteiger partial charge in [-0.2, -0.15) is 0 Å². The van der Waals surface area contributed by atoms with Gasteiger partial charge in [0.2, 0.25) is 11.8 Å². The van der Waals surface area contributed by atoms with E-state index in [4.69, 9.17) is 5.73 Å². The Bertz CT molecular complexity index is 1540. The minimum atomic E-state index is -0.569. The lowest BCUT2D eigenvalue weighted by atomic mass is 10.0. The van der Waals surface area contributed by atoms with Crippen LogP contribution in [0.5, 0.6) is 0 Å². The number of amides is 2. The summed E-state index contributed by atoms with van der Waals surface area (Å²) in [5, 5.41) is 3.50. The molecule has 2 aliphatic rings. The van der Waals surface area contributed by atoms with Gasteiger partial charge in [0.15, 0.2) is 0 Å². The maximum atomic E-state index is 13.8. The van der Waals surface area contributed by atoms with Crippen molar-refractivity contribution in [3.8, 4) is 0 Å². The van der Waals surface area contributed by atoms with Crippen LogP contribution in [0.2, 0.25) is 0 Å². The largest absolute Gasteiger partial charge is 0.383 e. The van der Waals surface area contributed by atoms with Gasteiger partial charge in [0.1, 0.15) is 46.3 Å². The number of piperidine rings is 1. The average molecular weight is 535 g/mol. The van der Waals surface area contributed by atoms with Crippen molar-refractivity contribution >= 4 is 61.4 Å². The third-order valence-electron chi connectivity index (χ3n) is 7.14. The van der Waals surface area contributed by atoms with Crippen LogP contribution in [0.25, 0.3) is 22.1 Å². The topological polar surface area (TPSA) is 132 Å². The highest BCUT2D eigenvalue weighted by Crippen LogP contribution is 2.59. The number of nitrogens with two attached hydrogens (primary N) is 1. The van der Waals surface area contributed by atoms with Crippen LogP contribution < -0.4 is 11.1 Å². The number of carbonyl (C=O) groups is 2. The summed E-state index contributed by atoms with van der Waals surface area (Å²) in [5.74, 6) is 0.385. The molecular weight excluding hydrogens is 512 g/mol. The number of fused-ring (bicyclic) bond motifs is 4. The van der Waals surface area contributed by atoms with Gasteiger partial charge >= 0.3 is 0 Å². The van der Waals surface area contributed by atoms with Crippen molar-refractivity contribution in [1.82, 2.24) is 29.4 Å². The summed E-state index contributed by atoms with van der Waals surface area (Å²) in [6.07, 6.45) is 2.90. The number of anilines is 2. The zero-order valence-electron chi connectivity index (χ0n) is 19.2. The number of pyridine rings is 2. The van der Waals surface area contributed by atoms with E-state index in [9.17, 15) is 9.59 Å². The van der Waals surface area contributed by atoms with Gasteiger partial charge in [-0.15, -0.1) is 0 Å². The second kappa shape index (κ2) is 7.70. The predicted molar refractivity (Wildman–Crippen MR) is 134 cm³/mol. The molecule has 3 N–H and O–H groups in total. The summed E-state index contributed by atoms with van der Waals surface area (Å²) in [4.78, 5) is 46.2. The van der Waals surface area contributed by atoms with E-state index in [0.29, 0.717) is 39.2 Å². The molecule has 5 heterocycles. The molecule has 0 bridgehead atoms. The minimum Gasteiger partial charge on any atom is -0.383 e. The monoisotopic (exact) mass is 534 g/mol. The number of hydrogen-bond acceptors (Lipinski definition) is 7. The number of rotatable bonds is 4. The van der Waals surface area contributed by atoms with Gasteiger partial charge in [0.25, 0.3) is 0 Å². The van der Waals surface area contributed by atoms with Gasteiger partial charge in [0.05, 0.1) is 10.9 Å². The molecule has 11 heteroatoms. The molecule has 1 aliphatic carbocycles. The third kappa shape index (κ3) is 3.53. The molecule has 1 saturated heterocycles. The van der Waals surface area contributed by atoms with E-state index in [1.54, 1.807) is 23.1 Å². The van der Waals surface area contributed by atoms with Crippen LogP contribution in [0, 0.1) is 12.3 Å². The van der Waals surface area contributed by atoms with E-state index in [-0.39, 0.29) is 29.8 Å². The zero-order chi connectivity index (χ0) is 24.5. The normalized spacial score (nSPS) is 23.0. The first-order valence-corrected chi connectivity index (χ1v) is 12.1. The molecule has 10 nitrogen and oxygen atoms in total. The zero-order valence-corrected chi connectivity index (χ0v) is 20.8. The van der Waals surface area contributed by atoms with Crippen LogP contribution in [-0.4, -0.2) is 53.3 Å². The summed E-state index contributed by atoms with van der Waals surface area (Å²) < 4.78 is 2.45. The fourth-order valence-corrected chi connectivity index (χ4v) is 5.65. The Morgan fingerprint density at radius 1 is 1.20 bits per heavy atom. The molecule has 3 atom stereocenters. The Hall–Kier alpha value is -3.60. The Morgan fingerprint density at radius 3 is 2.83 bits per heavy atom. The van der Waals surface area contributed by atoms with Crippen molar-refractivity contribution in [2.24, 2.45) is 5.41 Å². The van der Waals surface area contributed by atoms with Crippen LogP contribution in [-0.2, 0) is 16.1 Å². The fraction of sp³-hybridized carbons (Fsp3) is 0.333. The Kier molecular flexibility index (Phi) is 4.82. The predicted octanol–water partition coefficient (Wildman–Crippen LogP) is 3.05. The number of nitrogen functional groups attached to an aromatic ring is 1. The average Bonchev–Trinajstić information content (AvgIpc) is 3.22. The highest BCUT2D eigenvalue weighted by Gasteiger charge is 2.64. The van der Waals surface area contributed by atoms with Gasteiger partial charge in [0, 0.05) is 11.7 Å². The molecule has 2 amide bonds. The second-order valence-electron chi connectivity index (χ2n) is 9.59. The summed E-state index contributed by atoms with van der Waals surface area (Å²) >= 11 is 3.32. The number of hydrogen-bond donors (Lipinski definition) is 2. The third-order valence-corrected chi connectivity index (χ3v) is 7.58. The quantitative estimate of drug-likeness (QED) is 0.384. The smallest absolute Gasteiger partial charge is 0.248 e. The molecular formula is C24H23BrN8O2. The molecule has 1 unspecified atom stereocenters. The lowest BCUT2D eigenvalue weighted by Crippen LogP contribution is -2.46. The van der Waals surface area contributed by atoms with Crippen LogP contribution in [0.3, 0.4) is 0 Å².